The summed E-state index contributed by atoms with van der Waals surface area (Å²) in [5.41, 5.74) is 5.30. The fourth-order valence-corrected chi connectivity index (χ4v) is 4.75. The van der Waals surface area contributed by atoms with E-state index in [-0.39, 0.29) is 23.3 Å². The molecule has 0 atom stereocenters. The minimum atomic E-state index is -0.400. The minimum Gasteiger partial charge on any atom is -0.438 e. The highest BCUT2D eigenvalue weighted by Gasteiger charge is 2.20. The maximum Gasteiger partial charge on any atom is 0.262 e. The number of piperazine rings is 1. The second kappa shape index (κ2) is 12.7. The molecule has 2 heterocycles. The molecule has 1 aromatic heterocycles. The summed E-state index contributed by atoms with van der Waals surface area (Å²) in [5.74, 6) is 0.157. The summed E-state index contributed by atoms with van der Waals surface area (Å²) in [6, 6.07) is 20.8. The van der Waals surface area contributed by atoms with E-state index < -0.39 is 5.91 Å². The van der Waals surface area contributed by atoms with Crippen LogP contribution in [0.15, 0.2) is 72.9 Å². The monoisotopic (exact) mass is 565 g/mol. The number of carbonyl (C=O) groups excluding carboxylic acids is 2. The molecule has 1 fully saturated rings. The maximum atomic E-state index is 13.5. The van der Waals surface area contributed by atoms with Crippen molar-refractivity contribution in [1.82, 2.24) is 14.9 Å². The van der Waals surface area contributed by atoms with Gasteiger partial charge >= 0.3 is 0 Å². The Kier molecular flexibility index (Phi) is 8.63. The van der Waals surface area contributed by atoms with E-state index in [0.717, 1.165) is 54.4 Å². The van der Waals surface area contributed by atoms with Gasteiger partial charge in [-0.1, -0.05) is 24.3 Å². The maximum absolute atomic E-state index is 13.5. The molecule has 1 aliphatic rings. The van der Waals surface area contributed by atoms with E-state index in [0.29, 0.717) is 11.4 Å². The summed E-state index contributed by atoms with van der Waals surface area (Å²) >= 11 is 0. The summed E-state index contributed by atoms with van der Waals surface area (Å²) in [6.07, 6.45) is 1.45. The van der Waals surface area contributed by atoms with E-state index in [2.05, 4.69) is 54.9 Å². The Morgan fingerprint density at radius 1 is 0.857 bits per heavy atom. The number of anilines is 5. The van der Waals surface area contributed by atoms with Gasteiger partial charge in [-0.05, 0) is 68.4 Å². The van der Waals surface area contributed by atoms with Crippen molar-refractivity contribution in [3.8, 4) is 11.6 Å². The molecular formula is C32H35N7O3. The molecule has 10 nitrogen and oxygen atoms in total. The predicted octanol–water partition coefficient (Wildman–Crippen LogP) is 5.59. The van der Waals surface area contributed by atoms with Gasteiger partial charge in [-0.25, -0.2) is 4.98 Å². The molecule has 0 spiro atoms. The molecule has 2 amide bonds. The molecule has 5 rings (SSSR count). The molecule has 1 aliphatic heterocycles. The highest BCUT2D eigenvalue weighted by Crippen LogP contribution is 2.29. The fourth-order valence-electron chi connectivity index (χ4n) is 4.75. The van der Waals surface area contributed by atoms with Crippen molar-refractivity contribution in [2.24, 2.45) is 0 Å². The quantitative estimate of drug-likeness (QED) is 0.254. The SMILES string of the molecule is CC(=O)Nc1cccc(Oc2nc(Nc3ccc(N4CCN(C)CC4)cc3)ncc2C(=O)Nc2c(C)cccc2C)c1. The largest absolute Gasteiger partial charge is 0.438 e. The Labute approximate surface area is 245 Å². The number of nitrogens with zero attached hydrogens (tertiary/aromatic N) is 4. The van der Waals surface area contributed by atoms with Gasteiger partial charge in [0, 0.05) is 68.1 Å². The fraction of sp³-hybridized carbons (Fsp3) is 0.250. The van der Waals surface area contributed by atoms with Crippen LogP contribution in [0.25, 0.3) is 0 Å². The third-order valence-electron chi connectivity index (χ3n) is 7.08. The number of hydrogen-bond acceptors (Lipinski definition) is 8. The second-order valence-electron chi connectivity index (χ2n) is 10.4. The lowest BCUT2D eigenvalue weighted by Crippen LogP contribution is -2.44. The number of aromatic nitrogens is 2. The van der Waals surface area contributed by atoms with Gasteiger partial charge in [-0.2, -0.15) is 4.98 Å². The van der Waals surface area contributed by atoms with E-state index >= 15 is 0 Å². The number of para-hydroxylation sites is 1. The van der Waals surface area contributed by atoms with Gasteiger partial charge in [0.2, 0.25) is 17.7 Å². The Hall–Kier alpha value is -4.96. The van der Waals surface area contributed by atoms with Crippen LogP contribution in [0.4, 0.5) is 28.7 Å². The highest BCUT2D eigenvalue weighted by atomic mass is 16.5. The van der Waals surface area contributed by atoms with Gasteiger partial charge < -0.3 is 30.5 Å². The Morgan fingerprint density at radius 2 is 1.55 bits per heavy atom. The van der Waals surface area contributed by atoms with Gasteiger partial charge in [0.25, 0.3) is 5.91 Å². The summed E-state index contributed by atoms with van der Waals surface area (Å²) in [5, 5.41) is 8.94. The number of likely N-dealkylation sites (N-methyl/N-ethyl adjacent to an activating group) is 1. The van der Waals surface area contributed by atoms with Crippen LogP contribution in [0.5, 0.6) is 11.6 Å². The number of rotatable bonds is 8. The van der Waals surface area contributed by atoms with Crippen molar-refractivity contribution in [1.29, 1.82) is 0 Å². The molecule has 216 valence electrons. The first-order valence-electron chi connectivity index (χ1n) is 13.9. The van der Waals surface area contributed by atoms with Crippen molar-refractivity contribution in [2.45, 2.75) is 20.8 Å². The molecule has 0 radical (unpaired) electrons. The third-order valence-corrected chi connectivity index (χ3v) is 7.08. The molecule has 0 aliphatic carbocycles. The van der Waals surface area contributed by atoms with Crippen LogP contribution < -0.4 is 25.6 Å². The molecule has 42 heavy (non-hydrogen) atoms. The summed E-state index contributed by atoms with van der Waals surface area (Å²) in [4.78, 5) is 38.7. The van der Waals surface area contributed by atoms with Gasteiger partial charge in [0.15, 0.2) is 0 Å². The van der Waals surface area contributed by atoms with Crippen molar-refractivity contribution in [2.75, 3.05) is 54.1 Å². The standard InChI is InChI=1S/C32H35N7O3/c1-21-7-5-8-22(2)29(21)36-30(41)28-20-33-32(37-31(28)42-27-10-6-9-25(19-27)34-23(3)40)35-24-11-13-26(14-12-24)39-17-15-38(4)16-18-39/h5-14,19-20H,15-18H2,1-4H3,(H,34,40)(H,36,41)(H,33,35,37). The lowest BCUT2D eigenvalue weighted by Gasteiger charge is -2.34. The van der Waals surface area contributed by atoms with Crippen LogP contribution in [0.3, 0.4) is 0 Å². The lowest BCUT2D eigenvalue weighted by atomic mass is 10.1. The first-order valence-corrected chi connectivity index (χ1v) is 13.9. The van der Waals surface area contributed by atoms with Crippen molar-refractivity contribution in [3.63, 3.8) is 0 Å². The molecule has 0 unspecified atom stereocenters. The van der Waals surface area contributed by atoms with E-state index in [1.807, 2.05) is 44.2 Å². The van der Waals surface area contributed by atoms with Crippen LogP contribution in [-0.2, 0) is 4.79 Å². The molecule has 0 bridgehead atoms. The average molecular weight is 566 g/mol. The number of benzene rings is 3. The Morgan fingerprint density at radius 3 is 2.24 bits per heavy atom. The third kappa shape index (κ3) is 7.02. The molecule has 0 saturated carbocycles. The second-order valence-corrected chi connectivity index (χ2v) is 10.4. The van der Waals surface area contributed by atoms with Crippen molar-refractivity contribution in [3.05, 3.63) is 89.6 Å². The number of carbonyl (C=O) groups is 2. The molecule has 10 heteroatoms. The number of hydrogen-bond donors (Lipinski definition) is 3. The average Bonchev–Trinajstić information content (AvgIpc) is 2.96. The Bertz CT molecular complexity index is 1560. The zero-order valence-electron chi connectivity index (χ0n) is 24.3. The van der Waals surface area contributed by atoms with Crippen LogP contribution >= 0.6 is 0 Å². The zero-order chi connectivity index (χ0) is 29.6. The van der Waals surface area contributed by atoms with Crippen LogP contribution in [0, 0.1) is 13.8 Å². The first kappa shape index (κ1) is 28.6. The number of nitrogens with one attached hydrogen (secondary N) is 3. The van der Waals surface area contributed by atoms with Crippen molar-refractivity contribution >= 4 is 40.5 Å². The number of amides is 2. The summed E-state index contributed by atoms with van der Waals surface area (Å²) in [7, 11) is 2.14. The first-order chi connectivity index (χ1) is 20.2. The number of aryl methyl sites for hydroxylation is 2. The Balaban J connectivity index is 1.41. The normalized spacial score (nSPS) is 13.4. The van der Waals surface area contributed by atoms with E-state index in [4.69, 9.17) is 4.74 Å². The predicted molar refractivity (Wildman–Crippen MR) is 166 cm³/mol. The zero-order valence-corrected chi connectivity index (χ0v) is 24.3. The van der Waals surface area contributed by atoms with E-state index in [1.165, 1.54) is 13.1 Å². The molecule has 1 saturated heterocycles. The van der Waals surface area contributed by atoms with Gasteiger partial charge in [-0.15, -0.1) is 0 Å². The molecule has 3 N–H and O–H groups in total. The highest BCUT2D eigenvalue weighted by molar-refractivity contribution is 6.06. The molecule has 3 aromatic carbocycles. The minimum absolute atomic E-state index is 0.0743. The van der Waals surface area contributed by atoms with Crippen molar-refractivity contribution < 1.29 is 14.3 Å². The molecule has 4 aromatic rings. The van der Waals surface area contributed by atoms with Gasteiger partial charge in [-0.3, -0.25) is 9.59 Å². The van der Waals surface area contributed by atoms with Gasteiger partial charge in [0.05, 0.1) is 0 Å². The lowest BCUT2D eigenvalue weighted by molar-refractivity contribution is -0.114. The van der Waals surface area contributed by atoms with E-state index in [1.54, 1.807) is 24.3 Å². The van der Waals surface area contributed by atoms with Gasteiger partial charge in [0.1, 0.15) is 11.3 Å². The van der Waals surface area contributed by atoms with E-state index in [9.17, 15) is 9.59 Å². The number of ether oxygens (including phenoxy) is 1. The molecular weight excluding hydrogens is 530 g/mol. The smallest absolute Gasteiger partial charge is 0.262 e. The van der Waals surface area contributed by atoms with Crippen LogP contribution in [0.1, 0.15) is 28.4 Å². The van der Waals surface area contributed by atoms with Crippen LogP contribution in [-0.4, -0.2) is 59.9 Å². The summed E-state index contributed by atoms with van der Waals surface area (Å²) in [6.45, 7) is 9.35. The topological polar surface area (TPSA) is 112 Å². The summed E-state index contributed by atoms with van der Waals surface area (Å²) < 4.78 is 6.12. The van der Waals surface area contributed by atoms with Crippen LogP contribution in [0.2, 0.25) is 0 Å².